The molecule has 0 radical (unpaired) electrons. The third-order valence-electron chi connectivity index (χ3n) is 13.6. The average Bonchev–Trinajstić information content (AvgIpc) is 3.67. The van der Waals surface area contributed by atoms with Crippen LogP contribution in [0.2, 0.25) is 0 Å². The molecule has 4 nitrogen and oxygen atoms in total. The summed E-state index contributed by atoms with van der Waals surface area (Å²) in [4.78, 5) is 10.7. The van der Waals surface area contributed by atoms with Gasteiger partial charge in [0.2, 0.25) is 0 Å². The Morgan fingerprint density at radius 3 is 1.69 bits per heavy atom. The topological polar surface area (TPSA) is 50.9 Å². The lowest BCUT2D eigenvalue weighted by molar-refractivity contribution is 0.466. The number of hydrogen-bond donors (Lipinski definition) is 1. The molecule has 0 saturated carbocycles. The number of pyridine rings is 1. The van der Waals surface area contributed by atoms with Crippen molar-refractivity contribution in [2.75, 3.05) is 0 Å². The molecule has 0 saturated heterocycles. The van der Waals surface area contributed by atoms with Crippen LogP contribution in [0.25, 0.3) is 72.7 Å². The fourth-order valence-corrected chi connectivity index (χ4v) is 9.15. The molecule has 0 aliphatic rings. The largest absolute Gasteiger partial charge is 0.507 e. The highest BCUT2D eigenvalue weighted by Crippen LogP contribution is 2.45. The highest BCUT2D eigenvalue weighted by molar-refractivity contribution is 5.98. The minimum atomic E-state index is -0.143. The van der Waals surface area contributed by atoms with Crippen molar-refractivity contribution in [1.29, 1.82) is 0 Å². The molecule has 1 N–H and O–H groups in total. The second-order valence-electron chi connectivity index (χ2n) is 22.8. The van der Waals surface area contributed by atoms with Crippen LogP contribution in [-0.4, -0.2) is 19.6 Å². The van der Waals surface area contributed by atoms with Crippen molar-refractivity contribution in [3.05, 3.63) is 167 Å². The Morgan fingerprint density at radius 2 is 1.07 bits per heavy atom. The molecule has 0 bridgehead atoms. The maximum Gasteiger partial charge on any atom is 0.149 e. The van der Waals surface area contributed by atoms with Crippen molar-refractivity contribution in [1.82, 2.24) is 14.5 Å². The van der Waals surface area contributed by atoms with Gasteiger partial charge in [-0.25, -0.2) is 4.98 Å². The molecular formula is C63H71N3O. The maximum absolute atomic E-state index is 12.4. The molecule has 8 rings (SSSR count). The fourth-order valence-electron chi connectivity index (χ4n) is 9.15. The summed E-state index contributed by atoms with van der Waals surface area (Å²) < 4.78 is 2.31. The van der Waals surface area contributed by atoms with E-state index in [0.717, 1.165) is 66.9 Å². The van der Waals surface area contributed by atoms with E-state index < -0.39 is 0 Å². The number of rotatable bonds is 9. The van der Waals surface area contributed by atoms with Crippen molar-refractivity contribution >= 4 is 11.0 Å². The van der Waals surface area contributed by atoms with Gasteiger partial charge in [-0.3, -0.25) is 9.55 Å². The first-order valence-electron chi connectivity index (χ1n) is 24.4. The summed E-state index contributed by atoms with van der Waals surface area (Å²) in [6.45, 7) is 33.7. The zero-order valence-electron chi connectivity index (χ0n) is 42.7. The molecule has 4 heteroatoms. The molecule has 0 unspecified atom stereocenters. The van der Waals surface area contributed by atoms with Gasteiger partial charge in [0.25, 0.3) is 0 Å². The predicted octanol–water partition coefficient (Wildman–Crippen LogP) is 17.7. The van der Waals surface area contributed by atoms with E-state index in [9.17, 15) is 5.11 Å². The van der Waals surface area contributed by atoms with Crippen molar-refractivity contribution in [3.8, 4) is 67.5 Å². The molecule has 8 aromatic rings. The number of para-hydroxylation sites is 1. The minimum Gasteiger partial charge on any atom is -0.507 e. The van der Waals surface area contributed by atoms with Crippen LogP contribution in [-0.2, 0) is 16.2 Å². The predicted molar refractivity (Wildman–Crippen MR) is 286 cm³/mol. The molecule has 6 aromatic carbocycles. The standard InChI is InChI=1S/C63H71N3O/c1-38(2)41-19-21-42(22-20-41)44-29-30-64-55(36-44)47-31-46(32-50(33-47)63(13,14)15)51-17-16-18-57-58(51)65-60(54-35-45(39(3)4)34-52(40(5)6)59(54)67)66(57)56-28-27-49(62(10,11)12)37-53(56)43-23-25-48(26-24-43)61(7,8)9/h16-40,67H,1-15H3. The van der Waals surface area contributed by atoms with Crippen LogP contribution in [0.1, 0.15) is 155 Å². The van der Waals surface area contributed by atoms with E-state index in [1.165, 1.54) is 33.4 Å². The number of nitrogens with zero attached hydrogens (tertiary/aromatic N) is 3. The molecule has 2 heterocycles. The highest BCUT2D eigenvalue weighted by atomic mass is 16.3. The quantitative estimate of drug-likeness (QED) is 0.157. The van der Waals surface area contributed by atoms with E-state index in [0.29, 0.717) is 11.7 Å². The zero-order chi connectivity index (χ0) is 48.3. The normalized spacial score (nSPS) is 12.6. The summed E-state index contributed by atoms with van der Waals surface area (Å²) in [6.07, 6.45) is 1.93. The molecule has 2 aromatic heterocycles. The first-order chi connectivity index (χ1) is 31.5. The van der Waals surface area contributed by atoms with Gasteiger partial charge in [0.15, 0.2) is 0 Å². The molecule has 0 spiro atoms. The van der Waals surface area contributed by atoms with Crippen LogP contribution in [0.3, 0.4) is 0 Å². The number of imidazole rings is 1. The monoisotopic (exact) mass is 886 g/mol. The van der Waals surface area contributed by atoms with E-state index >= 15 is 0 Å². The summed E-state index contributed by atoms with van der Waals surface area (Å²) >= 11 is 0. The molecule has 0 fully saturated rings. The third kappa shape index (κ3) is 9.51. The van der Waals surface area contributed by atoms with Gasteiger partial charge in [0.1, 0.15) is 11.6 Å². The number of hydrogen-bond acceptors (Lipinski definition) is 3. The van der Waals surface area contributed by atoms with E-state index in [4.69, 9.17) is 9.97 Å². The lowest BCUT2D eigenvalue weighted by atomic mass is 9.83. The lowest BCUT2D eigenvalue weighted by Crippen LogP contribution is -2.12. The van der Waals surface area contributed by atoms with Crippen LogP contribution in [0.4, 0.5) is 0 Å². The van der Waals surface area contributed by atoms with Gasteiger partial charge in [-0.05, 0) is 138 Å². The summed E-state index contributed by atoms with van der Waals surface area (Å²) in [6, 6.07) is 47.0. The van der Waals surface area contributed by atoms with Crippen LogP contribution < -0.4 is 0 Å². The second kappa shape index (κ2) is 17.8. The van der Waals surface area contributed by atoms with Crippen molar-refractivity contribution < 1.29 is 5.11 Å². The number of phenolic OH excluding ortho intramolecular Hbond substituents is 1. The summed E-state index contributed by atoms with van der Waals surface area (Å²) in [5.74, 6) is 1.83. The highest BCUT2D eigenvalue weighted by Gasteiger charge is 2.27. The Balaban J connectivity index is 1.42. The first-order valence-corrected chi connectivity index (χ1v) is 24.4. The number of phenols is 1. The SMILES string of the molecule is CC(C)c1ccc(-c2ccnc(-c3cc(-c4cccc5c4nc(-c4cc(C(C)C)cc(C(C)C)c4O)n5-c4ccc(C(C)(C)C)cc4-c4ccc(C(C)(C)C)cc4)cc(C(C)(C)C)c3)c2)cc1. The van der Waals surface area contributed by atoms with Gasteiger partial charge in [0, 0.05) is 22.9 Å². The Morgan fingerprint density at radius 1 is 0.463 bits per heavy atom. The third-order valence-corrected chi connectivity index (χ3v) is 13.6. The minimum absolute atomic E-state index is 0.0223. The Hall–Kier alpha value is -6.26. The van der Waals surface area contributed by atoms with Crippen LogP contribution in [0, 0.1) is 0 Å². The van der Waals surface area contributed by atoms with E-state index in [1.54, 1.807) is 0 Å². The van der Waals surface area contributed by atoms with Crippen LogP contribution in [0.5, 0.6) is 5.75 Å². The maximum atomic E-state index is 12.4. The Kier molecular flexibility index (Phi) is 12.5. The molecule has 0 aliphatic carbocycles. The van der Waals surface area contributed by atoms with Gasteiger partial charge >= 0.3 is 0 Å². The fraction of sp³-hybridized carbons (Fsp3) is 0.333. The van der Waals surface area contributed by atoms with Crippen LogP contribution >= 0.6 is 0 Å². The molecule has 344 valence electrons. The summed E-state index contributed by atoms with van der Waals surface area (Å²) in [7, 11) is 0. The number of benzene rings is 6. The van der Waals surface area contributed by atoms with Crippen molar-refractivity contribution in [3.63, 3.8) is 0 Å². The zero-order valence-corrected chi connectivity index (χ0v) is 42.7. The van der Waals surface area contributed by atoms with E-state index in [-0.39, 0.29) is 33.8 Å². The second-order valence-corrected chi connectivity index (χ2v) is 22.8. The average molecular weight is 886 g/mol. The number of aromatic nitrogens is 3. The van der Waals surface area contributed by atoms with Crippen molar-refractivity contribution in [2.24, 2.45) is 0 Å². The van der Waals surface area contributed by atoms with Gasteiger partial charge < -0.3 is 5.11 Å². The summed E-state index contributed by atoms with van der Waals surface area (Å²) in [5, 5.41) is 12.4. The Bertz CT molecular complexity index is 3090. The van der Waals surface area contributed by atoms with Gasteiger partial charge in [-0.1, -0.05) is 183 Å². The smallest absolute Gasteiger partial charge is 0.149 e. The van der Waals surface area contributed by atoms with Crippen LogP contribution in [0.15, 0.2) is 134 Å². The molecule has 0 aliphatic heterocycles. The Labute approximate surface area is 401 Å². The van der Waals surface area contributed by atoms with E-state index in [2.05, 4.69) is 236 Å². The molecule has 0 atom stereocenters. The summed E-state index contributed by atoms with van der Waals surface area (Å²) in [5.41, 5.74) is 19.2. The molecule has 0 amide bonds. The molecular weight excluding hydrogens is 815 g/mol. The lowest BCUT2D eigenvalue weighted by Gasteiger charge is -2.24. The molecule has 67 heavy (non-hydrogen) atoms. The van der Waals surface area contributed by atoms with Crippen molar-refractivity contribution in [2.45, 2.75) is 138 Å². The van der Waals surface area contributed by atoms with Gasteiger partial charge in [0.05, 0.1) is 28.0 Å². The number of aromatic hydroxyl groups is 1. The van der Waals surface area contributed by atoms with Gasteiger partial charge in [-0.15, -0.1) is 0 Å². The first kappa shape index (κ1) is 47.2. The van der Waals surface area contributed by atoms with E-state index in [1.807, 2.05) is 6.20 Å². The van der Waals surface area contributed by atoms with Gasteiger partial charge in [-0.2, -0.15) is 0 Å². The number of fused-ring (bicyclic) bond motifs is 1.